The maximum atomic E-state index is 12.2. The van der Waals surface area contributed by atoms with Crippen LogP contribution >= 0.6 is 12.4 Å². The Kier molecular flexibility index (Phi) is 6.91. The molecule has 23 heavy (non-hydrogen) atoms. The lowest BCUT2D eigenvalue weighted by molar-refractivity contribution is -0.116. The van der Waals surface area contributed by atoms with E-state index < -0.39 is 0 Å². The maximum Gasteiger partial charge on any atom is 0.224 e. The van der Waals surface area contributed by atoms with Crippen LogP contribution in [0.2, 0.25) is 0 Å². The first kappa shape index (κ1) is 18.8. The summed E-state index contributed by atoms with van der Waals surface area (Å²) in [6.07, 6.45) is 0.404. The first-order valence-corrected chi connectivity index (χ1v) is 7.29. The minimum absolute atomic E-state index is 0. The van der Waals surface area contributed by atoms with Crippen LogP contribution in [0.3, 0.4) is 0 Å². The summed E-state index contributed by atoms with van der Waals surface area (Å²) in [5, 5.41) is 2.93. The Hall–Kier alpha value is -2.20. The molecule has 1 atom stereocenters. The molecule has 3 N–H and O–H groups in total. The summed E-state index contributed by atoms with van der Waals surface area (Å²) in [6, 6.07) is 13.3. The molecule has 2 rings (SSSR count). The summed E-state index contributed by atoms with van der Waals surface area (Å²) in [4.78, 5) is 12.2. The van der Waals surface area contributed by atoms with Gasteiger partial charge in [-0.3, -0.25) is 4.79 Å². The van der Waals surface area contributed by atoms with Crippen LogP contribution in [0.4, 0.5) is 11.4 Å². The Morgan fingerprint density at radius 1 is 1.26 bits per heavy atom. The Morgan fingerprint density at radius 3 is 2.70 bits per heavy atom. The molecule has 2 aromatic carbocycles. The molecule has 0 bridgehead atoms. The fraction of sp³-hybridized carbons (Fsp3) is 0.278. The van der Waals surface area contributed by atoms with Crippen molar-refractivity contribution in [3.8, 4) is 5.75 Å². The standard InChI is InChI=1S/C18H22N2O2.ClH/c1-12-7-8-15(19)11-17(12)20-18(21)9-13(2)14-5-4-6-16(10-14)22-3;/h4-8,10-11,13H,9,19H2,1-3H3,(H,20,21);1H. The third-order valence-electron chi connectivity index (χ3n) is 3.69. The van der Waals surface area contributed by atoms with E-state index in [1.807, 2.05) is 50.2 Å². The van der Waals surface area contributed by atoms with Crippen LogP contribution in [-0.2, 0) is 4.79 Å². The van der Waals surface area contributed by atoms with Crippen LogP contribution in [0.5, 0.6) is 5.75 Å². The number of halogens is 1. The number of benzene rings is 2. The van der Waals surface area contributed by atoms with Crippen LogP contribution in [0.15, 0.2) is 42.5 Å². The van der Waals surface area contributed by atoms with E-state index in [0.29, 0.717) is 12.1 Å². The molecule has 0 fully saturated rings. The van der Waals surface area contributed by atoms with Gasteiger partial charge in [-0.15, -0.1) is 12.4 Å². The number of nitrogens with two attached hydrogens (primary N) is 1. The number of carbonyl (C=O) groups excluding carboxylic acids is 1. The summed E-state index contributed by atoms with van der Waals surface area (Å²) in [5.41, 5.74) is 9.25. The lowest BCUT2D eigenvalue weighted by Crippen LogP contribution is -2.15. The molecule has 0 aromatic heterocycles. The van der Waals surface area contributed by atoms with Crippen LogP contribution in [-0.4, -0.2) is 13.0 Å². The van der Waals surface area contributed by atoms with E-state index in [1.54, 1.807) is 13.2 Å². The van der Waals surface area contributed by atoms with Gasteiger partial charge in [-0.05, 0) is 48.2 Å². The van der Waals surface area contributed by atoms with Crippen molar-refractivity contribution < 1.29 is 9.53 Å². The molecule has 1 amide bonds. The minimum atomic E-state index is -0.0241. The van der Waals surface area contributed by atoms with Gasteiger partial charge in [0.1, 0.15) is 5.75 Å². The van der Waals surface area contributed by atoms with Crippen LogP contribution in [0, 0.1) is 6.92 Å². The molecular formula is C18H23ClN2O2. The second-order valence-electron chi connectivity index (χ2n) is 5.50. The first-order valence-electron chi connectivity index (χ1n) is 7.29. The van der Waals surface area contributed by atoms with Gasteiger partial charge in [0.2, 0.25) is 5.91 Å². The highest BCUT2D eigenvalue weighted by Crippen LogP contribution is 2.24. The smallest absolute Gasteiger partial charge is 0.224 e. The van der Waals surface area contributed by atoms with E-state index in [1.165, 1.54) is 0 Å². The molecule has 124 valence electrons. The lowest BCUT2D eigenvalue weighted by Gasteiger charge is -2.14. The summed E-state index contributed by atoms with van der Waals surface area (Å²) in [7, 11) is 1.64. The van der Waals surface area contributed by atoms with Gasteiger partial charge in [0, 0.05) is 17.8 Å². The van der Waals surface area contributed by atoms with E-state index in [2.05, 4.69) is 5.32 Å². The maximum absolute atomic E-state index is 12.2. The van der Waals surface area contributed by atoms with Gasteiger partial charge in [0.05, 0.1) is 7.11 Å². The van der Waals surface area contributed by atoms with Crippen molar-refractivity contribution in [1.29, 1.82) is 0 Å². The predicted molar refractivity (Wildman–Crippen MR) is 97.5 cm³/mol. The van der Waals surface area contributed by atoms with Gasteiger partial charge in [-0.1, -0.05) is 25.1 Å². The molecule has 0 aliphatic rings. The highest BCUT2D eigenvalue weighted by atomic mass is 35.5. The molecule has 0 spiro atoms. The average Bonchev–Trinajstić information content (AvgIpc) is 2.51. The molecule has 0 saturated carbocycles. The number of anilines is 2. The van der Waals surface area contributed by atoms with Gasteiger partial charge in [-0.25, -0.2) is 0 Å². The molecule has 2 aromatic rings. The van der Waals surface area contributed by atoms with Gasteiger partial charge in [0.25, 0.3) is 0 Å². The first-order chi connectivity index (χ1) is 10.5. The number of hydrogen-bond donors (Lipinski definition) is 2. The van der Waals surface area contributed by atoms with E-state index in [0.717, 1.165) is 22.6 Å². The largest absolute Gasteiger partial charge is 0.497 e. The number of rotatable bonds is 5. The number of ether oxygens (including phenoxy) is 1. The third-order valence-corrected chi connectivity index (χ3v) is 3.69. The quantitative estimate of drug-likeness (QED) is 0.808. The molecule has 0 aliphatic carbocycles. The molecule has 4 nitrogen and oxygen atoms in total. The van der Waals surface area contributed by atoms with Gasteiger partial charge in [0.15, 0.2) is 0 Å². The Bertz CT molecular complexity index is 674. The lowest BCUT2D eigenvalue weighted by atomic mass is 9.97. The summed E-state index contributed by atoms with van der Waals surface area (Å²) >= 11 is 0. The number of nitrogen functional groups attached to an aromatic ring is 1. The van der Waals surface area contributed by atoms with Crippen LogP contribution in [0.1, 0.15) is 30.4 Å². The number of amides is 1. The fourth-order valence-corrected chi connectivity index (χ4v) is 2.32. The number of methoxy groups -OCH3 is 1. The van der Waals surface area contributed by atoms with Crippen molar-refractivity contribution in [1.82, 2.24) is 0 Å². The molecule has 0 aliphatic heterocycles. The highest BCUT2D eigenvalue weighted by molar-refractivity contribution is 5.92. The van der Waals surface area contributed by atoms with Gasteiger partial charge in [-0.2, -0.15) is 0 Å². The molecule has 0 radical (unpaired) electrons. The number of hydrogen-bond acceptors (Lipinski definition) is 3. The second kappa shape index (κ2) is 8.44. The molecule has 5 heteroatoms. The molecule has 1 unspecified atom stereocenters. The topological polar surface area (TPSA) is 64.3 Å². The minimum Gasteiger partial charge on any atom is -0.497 e. The van der Waals surface area contributed by atoms with Gasteiger partial charge >= 0.3 is 0 Å². The molecule has 0 heterocycles. The zero-order chi connectivity index (χ0) is 16.1. The zero-order valence-electron chi connectivity index (χ0n) is 13.6. The summed E-state index contributed by atoms with van der Waals surface area (Å²) < 4.78 is 5.22. The van der Waals surface area contributed by atoms with Crippen molar-refractivity contribution >= 4 is 29.7 Å². The van der Waals surface area contributed by atoms with E-state index in [4.69, 9.17) is 10.5 Å². The third kappa shape index (κ3) is 5.18. The van der Waals surface area contributed by atoms with E-state index >= 15 is 0 Å². The second-order valence-corrected chi connectivity index (χ2v) is 5.50. The number of nitrogens with one attached hydrogen (secondary N) is 1. The van der Waals surface area contributed by atoms with Gasteiger partial charge < -0.3 is 15.8 Å². The van der Waals surface area contributed by atoms with Crippen LogP contribution in [0.25, 0.3) is 0 Å². The molecular weight excluding hydrogens is 312 g/mol. The average molecular weight is 335 g/mol. The SMILES string of the molecule is COc1cccc(C(C)CC(=O)Nc2cc(N)ccc2C)c1.Cl. The van der Waals surface area contributed by atoms with Crippen LogP contribution < -0.4 is 15.8 Å². The van der Waals surface area contributed by atoms with E-state index in [-0.39, 0.29) is 24.2 Å². The Balaban J connectivity index is 0.00000264. The van der Waals surface area contributed by atoms with E-state index in [9.17, 15) is 4.79 Å². The van der Waals surface area contributed by atoms with Crippen molar-refractivity contribution in [2.24, 2.45) is 0 Å². The predicted octanol–water partition coefficient (Wildman–Crippen LogP) is 4.14. The summed E-state index contributed by atoms with van der Waals surface area (Å²) in [6.45, 7) is 3.97. The van der Waals surface area contributed by atoms with Crippen molar-refractivity contribution in [3.63, 3.8) is 0 Å². The number of aryl methyl sites for hydroxylation is 1. The van der Waals surface area contributed by atoms with Crippen molar-refractivity contribution in [2.45, 2.75) is 26.2 Å². The highest BCUT2D eigenvalue weighted by Gasteiger charge is 2.13. The number of carbonyl (C=O) groups is 1. The Morgan fingerprint density at radius 2 is 2.00 bits per heavy atom. The molecule has 0 saturated heterocycles. The Labute approximate surface area is 143 Å². The summed E-state index contributed by atoms with van der Waals surface area (Å²) in [5.74, 6) is 0.886. The normalized spacial score (nSPS) is 11.3. The zero-order valence-corrected chi connectivity index (χ0v) is 14.4. The fourth-order valence-electron chi connectivity index (χ4n) is 2.32. The monoisotopic (exact) mass is 334 g/mol. The van der Waals surface area contributed by atoms with Crippen molar-refractivity contribution in [2.75, 3.05) is 18.2 Å². The van der Waals surface area contributed by atoms with Crippen molar-refractivity contribution in [3.05, 3.63) is 53.6 Å².